The number of thioether (sulfide) groups is 1. The van der Waals surface area contributed by atoms with Crippen molar-refractivity contribution in [1.29, 1.82) is 5.41 Å². The molecule has 0 saturated carbocycles. The van der Waals surface area contributed by atoms with Gasteiger partial charge in [0.2, 0.25) is 5.17 Å². The molecule has 1 aromatic heterocycles. The molecule has 0 bridgehead atoms. The van der Waals surface area contributed by atoms with E-state index in [1.807, 2.05) is 17.5 Å². The van der Waals surface area contributed by atoms with Crippen molar-refractivity contribution in [2.45, 2.75) is 6.61 Å². The number of amidine groups is 2. The van der Waals surface area contributed by atoms with E-state index in [0.29, 0.717) is 27.3 Å². The van der Waals surface area contributed by atoms with Crippen molar-refractivity contribution in [3.05, 3.63) is 87.4 Å². The molecule has 0 atom stereocenters. The lowest BCUT2D eigenvalue weighted by Gasteiger charge is -2.20. The normalized spacial score (nSPS) is 16.4. The zero-order valence-electron chi connectivity index (χ0n) is 17.8. The van der Waals surface area contributed by atoms with Gasteiger partial charge in [-0.1, -0.05) is 24.3 Å². The van der Waals surface area contributed by atoms with Gasteiger partial charge in [-0.05, 0) is 64.7 Å². The molecular weight excluding hydrogens is 475 g/mol. The second-order valence-electron chi connectivity index (χ2n) is 7.23. The first kappa shape index (κ1) is 22.1. The second kappa shape index (κ2) is 9.24. The largest absolute Gasteiger partial charge is 0.493 e. The van der Waals surface area contributed by atoms with Crippen LogP contribution in [0.4, 0.5) is 4.39 Å². The summed E-state index contributed by atoms with van der Waals surface area (Å²) in [6.07, 6.45) is 1.58. The summed E-state index contributed by atoms with van der Waals surface area (Å²) in [6, 6.07) is 15.1. The van der Waals surface area contributed by atoms with E-state index in [-0.39, 0.29) is 23.8 Å². The molecule has 2 aromatic carbocycles. The minimum atomic E-state index is -0.498. The standard InChI is InChI=1S/C24H17FN4O3S2/c1-31-19-12-15(6-9-18(19)32-13-14-4-7-16(25)8-5-14)11-17-21(26)29-24(27-22(17)30)34-23(28-29)20-3-2-10-33-20/h2-12,26H,13H2,1H3/b17-11-,26-21?. The molecule has 1 amide bonds. The Bertz CT molecular complexity index is 1370. The Morgan fingerprint density at radius 2 is 1.97 bits per heavy atom. The summed E-state index contributed by atoms with van der Waals surface area (Å²) >= 11 is 2.80. The summed E-state index contributed by atoms with van der Waals surface area (Å²) in [5.74, 6) is 0.122. The van der Waals surface area contributed by atoms with E-state index in [9.17, 15) is 9.18 Å². The Balaban J connectivity index is 1.37. The number of hydrogen-bond acceptors (Lipinski definition) is 7. The predicted octanol–water partition coefficient (Wildman–Crippen LogP) is 5.14. The molecule has 170 valence electrons. The molecule has 2 aliphatic rings. The highest BCUT2D eigenvalue weighted by molar-refractivity contribution is 8.27. The number of amides is 1. The molecule has 0 fully saturated rings. The minimum Gasteiger partial charge on any atom is -0.493 e. The lowest BCUT2D eigenvalue weighted by Crippen LogP contribution is -2.35. The van der Waals surface area contributed by atoms with Gasteiger partial charge in [0.1, 0.15) is 17.5 Å². The maximum atomic E-state index is 13.1. The van der Waals surface area contributed by atoms with Gasteiger partial charge in [0.05, 0.1) is 17.6 Å². The Morgan fingerprint density at radius 1 is 1.15 bits per heavy atom. The van der Waals surface area contributed by atoms with Crippen molar-refractivity contribution in [1.82, 2.24) is 5.01 Å². The molecule has 1 N–H and O–H groups in total. The topological polar surface area (TPSA) is 87.3 Å². The fourth-order valence-electron chi connectivity index (χ4n) is 3.29. The van der Waals surface area contributed by atoms with Gasteiger partial charge in [0.25, 0.3) is 5.91 Å². The van der Waals surface area contributed by atoms with Crippen molar-refractivity contribution in [3.8, 4) is 11.5 Å². The van der Waals surface area contributed by atoms with Crippen LogP contribution in [-0.2, 0) is 11.4 Å². The van der Waals surface area contributed by atoms with Crippen LogP contribution < -0.4 is 9.47 Å². The molecule has 10 heteroatoms. The summed E-state index contributed by atoms with van der Waals surface area (Å²) in [4.78, 5) is 17.8. The zero-order valence-corrected chi connectivity index (χ0v) is 19.5. The maximum Gasteiger partial charge on any atom is 0.283 e. The third kappa shape index (κ3) is 4.37. The van der Waals surface area contributed by atoms with E-state index in [1.54, 1.807) is 36.4 Å². The number of hydrogen-bond donors (Lipinski definition) is 1. The molecule has 0 aliphatic carbocycles. The molecule has 7 nitrogen and oxygen atoms in total. The lowest BCUT2D eigenvalue weighted by molar-refractivity contribution is -0.114. The van der Waals surface area contributed by atoms with E-state index < -0.39 is 5.91 Å². The van der Waals surface area contributed by atoms with Crippen LogP contribution in [0.15, 0.2) is 75.6 Å². The van der Waals surface area contributed by atoms with Gasteiger partial charge in [-0.25, -0.2) is 4.39 Å². The summed E-state index contributed by atoms with van der Waals surface area (Å²) in [7, 11) is 1.52. The summed E-state index contributed by atoms with van der Waals surface area (Å²) in [5, 5.41) is 17.4. The number of ether oxygens (including phenoxy) is 2. The average molecular weight is 493 g/mol. The van der Waals surface area contributed by atoms with Gasteiger partial charge >= 0.3 is 0 Å². The molecule has 0 spiro atoms. The Hall–Kier alpha value is -3.76. The molecule has 3 heterocycles. The number of aliphatic imine (C=N–C) groups is 1. The van der Waals surface area contributed by atoms with Gasteiger partial charge in [-0.3, -0.25) is 10.2 Å². The number of fused-ring (bicyclic) bond motifs is 1. The first-order chi connectivity index (χ1) is 16.5. The highest BCUT2D eigenvalue weighted by Gasteiger charge is 2.36. The van der Waals surface area contributed by atoms with Gasteiger partial charge < -0.3 is 9.47 Å². The SMILES string of the molecule is COc1cc(/C=C2/C(=N)N3N=C(c4cccs4)SC3=NC2=O)ccc1OCc1ccc(F)cc1. The number of methoxy groups -OCH3 is 1. The molecule has 5 rings (SSSR count). The predicted molar refractivity (Wildman–Crippen MR) is 132 cm³/mol. The first-order valence-corrected chi connectivity index (χ1v) is 11.8. The van der Waals surface area contributed by atoms with Crippen molar-refractivity contribution in [3.63, 3.8) is 0 Å². The van der Waals surface area contributed by atoms with Crippen LogP contribution >= 0.6 is 23.1 Å². The molecule has 0 unspecified atom stereocenters. The number of carbonyl (C=O) groups excluding carboxylic acids is 1. The van der Waals surface area contributed by atoms with Gasteiger partial charge in [0.15, 0.2) is 17.3 Å². The number of hydrazone groups is 1. The third-order valence-electron chi connectivity index (χ3n) is 4.99. The van der Waals surface area contributed by atoms with E-state index in [4.69, 9.17) is 14.9 Å². The lowest BCUT2D eigenvalue weighted by atomic mass is 10.1. The highest BCUT2D eigenvalue weighted by Crippen LogP contribution is 2.33. The fourth-order valence-corrected chi connectivity index (χ4v) is 4.98. The van der Waals surface area contributed by atoms with Crippen LogP contribution in [0.1, 0.15) is 16.0 Å². The van der Waals surface area contributed by atoms with E-state index >= 15 is 0 Å². The van der Waals surface area contributed by atoms with Crippen molar-refractivity contribution in [2.24, 2.45) is 10.1 Å². The smallest absolute Gasteiger partial charge is 0.283 e. The summed E-state index contributed by atoms with van der Waals surface area (Å²) < 4.78 is 24.4. The van der Waals surface area contributed by atoms with Crippen LogP contribution in [0.5, 0.6) is 11.5 Å². The van der Waals surface area contributed by atoms with Crippen molar-refractivity contribution in [2.75, 3.05) is 7.11 Å². The Labute approximate surface area is 202 Å². The van der Waals surface area contributed by atoms with Crippen LogP contribution in [0.3, 0.4) is 0 Å². The number of thiophene rings is 1. The zero-order chi connectivity index (χ0) is 23.7. The molecule has 3 aromatic rings. The maximum absolute atomic E-state index is 13.1. The first-order valence-electron chi connectivity index (χ1n) is 10.1. The quantitative estimate of drug-likeness (QED) is 0.482. The number of carbonyl (C=O) groups is 1. The average Bonchev–Trinajstić information content (AvgIpc) is 3.52. The summed E-state index contributed by atoms with van der Waals surface area (Å²) in [6.45, 7) is 0.245. The Morgan fingerprint density at radius 3 is 2.71 bits per heavy atom. The van der Waals surface area contributed by atoms with Crippen molar-refractivity contribution < 1.29 is 18.7 Å². The van der Waals surface area contributed by atoms with E-state index in [2.05, 4.69) is 10.1 Å². The second-order valence-corrected chi connectivity index (χ2v) is 9.13. The van der Waals surface area contributed by atoms with Crippen LogP contribution in [-0.4, -0.2) is 34.1 Å². The number of nitrogens with zero attached hydrogens (tertiary/aromatic N) is 3. The minimum absolute atomic E-state index is 0.0374. The van der Waals surface area contributed by atoms with Crippen LogP contribution in [0.25, 0.3) is 6.08 Å². The van der Waals surface area contributed by atoms with Crippen molar-refractivity contribution >= 4 is 51.1 Å². The molecule has 0 saturated heterocycles. The molecular formula is C24H17FN4O3S2. The van der Waals surface area contributed by atoms with E-state index in [0.717, 1.165) is 10.4 Å². The monoisotopic (exact) mass is 492 g/mol. The van der Waals surface area contributed by atoms with Crippen LogP contribution in [0, 0.1) is 11.2 Å². The van der Waals surface area contributed by atoms with E-state index in [1.165, 1.54) is 47.4 Å². The number of rotatable bonds is 6. The third-order valence-corrected chi connectivity index (χ3v) is 6.94. The number of benzene rings is 2. The molecule has 34 heavy (non-hydrogen) atoms. The van der Waals surface area contributed by atoms with Crippen LogP contribution in [0.2, 0.25) is 0 Å². The fraction of sp³-hybridized carbons (Fsp3) is 0.0833. The number of nitrogens with one attached hydrogen (secondary N) is 1. The molecule has 0 radical (unpaired) electrons. The Kier molecular flexibility index (Phi) is 5.99. The number of halogens is 1. The van der Waals surface area contributed by atoms with Gasteiger partial charge in [-0.15, -0.1) is 11.3 Å². The summed E-state index contributed by atoms with van der Waals surface area (Å²) in [5.41, 5.74) is 1.59. The highest BCUT2D eigenvalue weighted by atomic mass is 32.2. The van der Waals surface area contributed by atoms with Gasteiger partial charge in [0, 0.05) is 0 Å². The van der Waals surface area contributed by atoms with Gasteiger partial charge in [-0.2, -0.15) is 15.1 Å². The molecule has 2 aliphatic heterocycles.